The molecular weight excluding hydrogens is 334 g/mol. The van der Waals surface area contributed by atoms with Gasteiger partial charge in [-0.25, -0.2) is 4.98 Å². The molecule has 4 rings (SSSR count). The third-order valence-electron chi connectivity index (χ3n) is 6.04. The van der Waals surface area contributed by atoms with Crippen LogP contribution in [0.4, 0.5) is 5.69 Å². The van der Waals surface area contributed by atoms with Crippen molar-refractivity contribution in [2.75, 3.05) is 12.8 Å². The second kappa shape index (κ2) is 6.43. The highest BCUT2D eigenvalue weighted by Crippen LogP contribution is 2.44. The third kappa shape index (κ3) is 2.77. The fraction of sp³-hybridized carbons (Fsp3) is 0.478. The minimum atomic E-state index is 0.0624. The highest BCUT2D eigenvalue weighted by atomic mass is 16.5. The van der Waals surface area contributed by atoms with Crippen LogP contribution < -0.4 is 10.5 Å². The molecule has 4 nitrogen and oxygen atoms in total. The highest BCUT2D eigenvalue weighted by molar-refractivity contribution is 6.13. The van der Waals surface area contributed by atoms with Crippen molar-refractivity contribution < 1.29 is 4.74 Å². The molecule has 1 aromatic carbocycles. The molecule has 0 aliphatic heterocycles. The molecule has 2 N–H and O–H groups in total. The number of nitrogens with zero attached hydrogens (tertiary/aromatic N) is 2. The summed E-state index contributed by atoms with van der Waals surface area (Å²) in [7, 11) is 1.71. The van der Waals surface area contributed by atoms with E-state index >= 15 is 0 Å². The molecule has 1 radical (unpaired) electrons. The first-order valence-corrected chi connectivity index (χ1v) is 9.95. The van der Waals surface area contributed by atoms with Crippen molar-refractivity contribution in [3.05, 3.63) is 36.4 Å². The molecule has 4 heteroatoms. The predicted octanol–water partition coefficient (Wildman–Crippen LogP) is 5.47. The van der Waals surface area contributed by atoms with Crippen LogP contribution in [0.25, 0.3) is 21.9 Å². The Morgan fingerprint density at radius 1 is 1.26 bits per heavy atom. The Labute approximate surface area is 161 Å². The number of anilines is 1. The molecule has 143 valence electrons. The van der Waals surface area contributed by atoms with Crippen LogP contribution in [-0.2, 0) is 12.8 Å². The van der Waals surface area contributed by atoms with Gasteiger partial charge >= 0.3 is 0 Å². The molecule has 0 spiro atoms. The van der Waals surface area contributed by atoms with Crippen LogP contribution in [0.15, 0.2) is 18.2 Å². The van der Waals surface area contributed by atoms with E-state index in [-0.39, 0.29) is 11.5 Å². The van der Waals surface area contributed by atoms with Crippen molar-refractivity contribution in [2.45, 2.75) is 58.9 Å². The topological polar surface area (TPSA) is 53.1 Å². The number of hydrogen-bond donors (Lipinski definition) is 1. The maximum atomic E-state index is 6.75. The zero-order valence-corrected chi connectivity index (χ0v) is 16.9. The predicted molar refractivity (Wildman–Crippen MR) is 113 cm³/mol. The van der Waals surface area contributed by atoms with E-state index in [0.717, 1.165) is 52.6 Å². The molecule has 1 unspecified atom stereocenters. The van der Waals surface area contributed by atoms with Crippen LogP contribution >= 0.6 is 0 Å². The molecule has 0 bridgehead atoms. The van der Waals surface area contributed by atoms with E-state index in [2.05, 4.69) is 44.4 Å². The van der Waals surface area contributed by atoms with Gasteiger partial charge in [-0.15, -0.1) is 0 Å². The Balaban J connectivity index is 2.16. The number of fused-ring (bicyclic) bond motifs is 4. The molecule has 1 aliphatic rings. The van der Waals surface area contributed by atoms with Crippen molar-refractivity contribution in [3.8, 4) is 5.75 Å². The summed E-state index contributed by atoms with van der Waals surface area (Å²) >= 11 is 0. The number of aromatic nitrogens is 2. The largest absolute Gasteiger partial charge is 0.497 e. The SMILES string of the molecule is [CH2]CC(n1c2ccc(OC)cc2c2c(N)c3c(nc21)CCCC3)C(C)(C)C. The molecule has 0 saturated carbocycles. The van der Waals surface area contributed by atoms with E-state index in [9.17, 15) is 0 Å². The van der Waals surface area contributed by atoms with E-state index < -0.39 is 0 Å². The van der Waals surface area contributed by atoms with Crippen molar-refractivity contribution >= 4 is 27.6 Å². The van der Waals surface area contributed by atoms with E-state index in [1.165, 1.54) is 24.1 Å². The maximum Gasteiger partial charge on any atom is 0.143 e. The standard InChI is InChI=1S/C23H30N3O/c1-6-19(23(2,3)4)26-18-12-11-14(27-5)13-16(18)20-21(24)15-9-7-8-10-17(15)25-22(20)26/h11-13,19H,1,6-10H2,2-5H3,(H2,24,25). The second-order valence-corrected chi connectivity index (χ2v) is 8.78. The number of aryl methyl sites for hydroxylation is 1. The molecule has 1 aliphatic carbocycles. The summed E-state index contributed by atoms with van der Waals surface area (Å²) in [5, 5.41) is 2.21. The number of nitrogen functional groups attached to an aromatic ring is 1. The van der Waals surface area contributed by atoms with Crippen molar-refractivity contribution in [2.24, 2.45) is 5.41 Å². The summed E-state index contributed by atoms with van der Waals surface area (Å²) in [6.45, 7) is 11.1. The summed E-state index contributed by atoms with van der Waals surface area (Å²) in [6.07, 6.45) is 5.23. The third-order valence-corrected chi connectivity index (χ3v) is 6.04. The number of hydrogen-bond acceptors (Lipinski definition) is 3. The molecule has 3 aromatic rings. The molecule has 0 saturated heterocycles. The fourth-order valence-corrected chi connectivity index (χ4v) is 4.63. The van der Waals surface area contributed by atoms with Crippen LogP contribution in [-0.4, -0.2) is 16.7 Å². The van der Waals surface area contributed by atoms with Crippen molar-refractivity contribution in [1.29, 1.82) is 0 Å². The van der Waals surface area contributed by atoms with Crippen molar-refractivity contribution in [3.63, 3.8) is 0 Å². The lowest BCUT2D eigenvalue weighted by atomic mass is 9.85. The van der Waals surface area contributed by atoms with Gasteiger partial charge < -0.3 is 15.0 Å². The van der Waals surface area contributed by atoms with E-state index in [1.807, 2.05) is 6.07 Å². The number of benzene rings is 1. The lowest BCUT2D eigenvalue weighted by molar-refractivity contribution is 0.253. The minimum absolute atomic E-state index is 0.0624. The summed E-state index contributed by atoms with van der Waals surface area (Å²) in [5.41, 5.74) is 12.3. The molecule has 2 heterocycles. The number of nitrogens with two attached hydrogens (primary N) is 1. The van der Waals surface area contributed by atoms with E-state index in [0.29, 0.717) is 0 Å². The Hall–Kier alpha value is -2.23. The number of ether oxygens (including phenoxy) is 1. The van der Waals surface area contributed by atoms with Gasteiger partial charge in [0, 0.05) is 22.8 Å². The van der Waals surface area contributed by atoms with Crippen LogP contribution in [0.3, 0.4) is 0 Å². The monoisotopic (exact) mass is 364 g/mol. The summed E-state index contributed by atoms with van der Waals surface area (Å²) in [6, 6.07) is 6.50. The fourth-order valence-electron chi connectivity index (χ4n) is 4.63. The second-order valence-electron chi connectivity index (χ2n) is 8.78. The van der Waals surface area contributed by atoms with Gasteiger partial charge in [-0.3, -0.25) is 0 Å². The van der Waals surface area contributed by atoms with Gasteiger partial charge in [0.05, 0.1) is 18.0 Å². The lowest BCUT2D eigenvalue weighted by Crippen LogP contribution is -2.24. The first kappa shape index (κ1) is 18.1. The number of pyridine rings is 1. The van der Waals surface area contributed by atoms with Gasteiger partial charge in [0.15, 0.2) is 0 Å². The zero-order valence-electron chi connectivity index (χ0n) is 16.9. The first-order chi connectivity index (χ1) is 12.9. The normalized spacial score (nSPS) is 15.9. The average molecular weight is 365 g/mol. The van der Waals surface area contributed by atoms with Gasteiger partial charge in [-0.2, -0.15) is 0 Å². The van der Waals surface area contributed by atoms with Gasteiger partial charge in [-0.1, -0.05) is 27.7 Å². The molecule has 2 aromatic heterocycles. The van der Waals surface area contributed by atoms with Gasteiger partial charge in [0.2, 0.25) is 0 Å². The zero-order chi connectivity index (χ0) is 19.3. The highest BCUT2D eigenvalue weighted by Gasteiger charge is 2.30. The van der Waals surface area contributed by atoms with E-state index in [4.69, 9.17) is 15.5 Å². The lowest BCUT2D eigenvalue weighted by Gasteiger charge is -2.32. The Morgan fingerprint density at radius 2 is 2.00 bits per heavy atom. The quantitative estimate of drug-likeness (QED) is 0.670. The number of methoxy groups -OCH3 is 1. The maximum absolute atomic E-state index is 6.75. The molecule has 0 fully saturated rings. The van der Waals surface area contributed by atoms with Gasteiger partial charge in [0.1, 0.15) is 11.4 Å². The molecule has 27 heavy (non-hydrogen) atoms. The molecular formula is C23H30N3O. The van der Waals surface area contributed by atoms with Gasteiger partial charge in [-0.05, 0) is 61.3 Å². The minimum Gasteiger partial charge on any atom is -0.497 e. The van der Waals surface area contributed by atoms with E-state index in [1.54, 1.807) is 7.11 Å². The Morgan fingerprint density at radius 3 is 2.67 bits per heavy atom. The van der Waals surface area contributed by atoms with Crippen LogP contribution in [0.2, 0.25) is 0 Å². The molecule has 1 atom stereocenters. The van der Waals surface area contributed by atoms with Crippen molar-refractivity contribution in [1.82, 2.24) is 9.55 Å². The Kier molecular flexibility index (Phi) is 4.32. The first-order valence-electron chi connectivity index (χ1n) is 9.95. The molecule has 0 amide bonds. The van der Waals surface area contributed by atoms with Gasteiger partial charge in [0.25, 0.3) is 0 Å². The van der Waals surface area contributed by atoms with Crippen LogP contribution in [0.5, 0.6) is 5.75 Å². The summed E-state index contributed by atoms with van der Waals surface area (Å²) in [4.78, 5) is 5.17. The summed E-state index contributed by atoms with van der Waals surface area (Å²) in [5.74, 6) is 0.848. The summed E-state index contributed by atoms with van der Waals surface area (Å²) < 4.78 is 7.88. The average Bonchev–Trinajstić information content (AvgIpc) is 2.95. The number of rotatable bonds is 3. The van der Waals surface area contributed by atoms with Crippen LogP contribution in [0, 0.1) is 12.3 Å². The van der Waals surface area contributed by atoms with Crippen LogP contribution in [0.1, 0.15) is 57.3 Å². The Bertz CT molecular complexity index is 1010. The smallest absolute Gasteiger partial charge is 0.143 e.